The van der Waals surface area contributed by atoms with Crippen molar-refractivity contribution in [3.8, 4) is 0 Å². The zero-order valence-electron chi connectivity index (χ0n) is 14.1. The molecule has 1 atom stereocenters. The Balaban J connectivity index is 2.46. The number of nitrogens with zero attached hydrogens (tertiary/aromatic N) is 2. The number of amides is 1. The molecule has 122 valence electrons. The minimum atomic E-state index is -0.426. The molecule has 0 saturated carbocycles. The molecule has 1 saturated heterocycles. The lowest BCUT2D eigenvalue weighted by atomic mass is 9.98. The van der Waals surface area contributed by atoms with E-state index in [1.54, 1.807) is 19.0 Å². The van der Waals surface area contributed by atoms with Crippen LogP contribution in [0.2, 0.25) is 0 Å². The summed E-state index contributed by atoms with van der Waals surface area (Å²) in [6.07, 6.45) is 4.56. The fourth-order valence-corrected chi connectivity index (χ4v) is 2.59. The van der Waals surface area contributed by atoms with Gasteiger partial charge in [0.1, 0.15) is 5.60 Å². The SMILES string of the molecule is CN(C)C(=O)CN1CCCC[C@H]1CCC(=O)OC(C)(C)C. The summed E-state index contributed by atoms with van der Waals surface area (Å²) in [5.74, 6) is -0.0221. The van der Waals surface area contributed by atoms with Gasteiger partial charge in [-0.1, -0.05) is 6.42 Å². The number of hydrogen-bond acceptors (Lipinski definition) is 4. The van der Waals surface area contributed by atoms with E-state index in [1.165, 1.54) is 6.42 Å². The van der Waals surface area contributed by atoms with E-state index < -0.39 is 5.60 Å². The van der Waals surface area contributed by atoms with Crippen molar-refractivity contribution in [3.05, 3.63) is 0 Å². The van der Waals surface area contributed by atoms with Gasteiger partial charge < -0.3 is 9.64 Å². The highest BCUT2D eigenvalue weighted by Gasteiger charge is 2.26. The number of hydrogen-bond donors (Lipinski definition) is 0. The molecule has 1 amide bonds. The van der Waals surface area contributed by atoms with E-state index in [9.17, 15) is 9.59 Å². The van der Waals surface area contributed by atoms with Gasteiger partial charge in [-0.3, -0.25) is 14.5 Å². The molecule has 0 aromatic rings. The van der Waals surface area contributed by atoms with Gasteiger partial charge in [-0.2, -0.15) is 0 Å². The predicted molar refractivity (Wildman–Crippen MR) is 83.0 cm³/mol. The second kappa shape index (κ2) is 7.78. The van der Waals surface area contributed by atoms with E-state index >= 15 is 0 Å². The Bertz CT molecular complexity index is 361. The molecular formula is C16H30N2O3. The number of carbonyl (C=O) groups is 2. The van der Waals surface area contributed by atoms with Crippen LogP contribution < -0.4 is 0 Å². The Morgan fingerprint density at radius 3 is 2.48 bits per heavy atom. The van der Waals surface area contributed by atoms with Crippen LogP contribution in [0.4, 0.5) is 0 Å². The van der Waals surface area contributed by atoms with Crippen molar-refractivity contribution < 1.29 is 14.3 Å². The molecule has 0 unspecified atom stereocenters. The summed E-state index contributed by atoms with van der Waals surface area (Å²) in [6, 6.07) is 0.315. The first-order valence-electron chi connectivity index (χ1n) is 7.85. The number of likely N-dealkylation sites (tertiary alicyclic amines) is 1. The van der Waals surface area contributed by atoms with Gasteiger partial charge >= 0.3 is 5.97 Å². The molecule has 5 heteroatoms. The van der Waals surface area contributed by atoms with Gasteiger partial charge in [0.05, 0.1) is 6.54 Å². The summed E-state index contributed by atoms with van der Waals surface area (Å²) in [5, 5.41) is 0. The van der Waals surface area contributed by atoms with Crippen LogP contribution in [0.3, 0.4) is 0 Å². The van der Waals surface area contributed by atoms with E-state index in [0.29, 0.717) is 19.0 Å². The first-order chi connectivity index (χ1) is 9.69. The van der Waals surface area contributed by atoms with Crippen molar-refractivity contribution in [1.82, 2.24) is 9.80 Å². The van der Waals surface area contributed by atoms with Gasteiger partial charge in [0, 0.05) is 26.6 Å². The monoisotopic (exact) mass is 298 g/mol. The van der Waals surface area contributed by atoms with Crippen LogP contribution in [0, 0.1) is 0 Å². The Labute approximate surface area is 128 Å². The standard InChI is InChI=1S/C16H30N2O3/c1-16(2,3)21-15(20)10-9-13-8-6-7-11-18(13)12-14(19)17(4)5/h13H,6-12H2,1-5H3/t13-/m0/s1. The fourth-order valence-electron chi connectivity index (χ4n) is 2.59. The van der Waals surface area contributed by atoms with Gasteiger partial charge in [0.2, 0.25) is 5.91 Å². The molecule has 0 N–H and O–H groups in total. The van der Waals surface area contributed by atoms with Crippen LogP contribution in [0.15, 0.2) is 0 Å². The Hall–Kier alpha value is -1.10. The lowest BCUT2D eigenvalue weighted by Gasteiger charge is -2.35. The maximum Gasteiger partial charge on any atom is 0.306 e. The van der Waals surface area contributed by atoms with Crippen molar-refractivity contribution in [2.75, 3.05) is 27.2 Å². The summed E-state index contributed by atoms with van der Waals surface area (Å²) in [5.41, 5.74) is -0.426. The molecule has 5 nitrogen and oxygen atoms in total. The largest absolute Gasteiger partial charge is 0.460 e. The van der Waals surface area contributed by atoms with Crippen LogP contribution in [-0.4, -0.2) is 60.5 Å². The third-order valence-corrected chi connectivity index (χ3v) is 3.69. The highest BCUT2D eigenvalue weighted by Crippen LogP contribution is 2.21. The van der Waals surface area contributed by atoms with Crippen LogP contribution in [0.25, 0.3) is 0 Å². The quantitative estimate of drug-likeness (QED) is 0.729. The molecule has 0 aromatic carbocycles. The second-order valence-electron chi connectivity index (χ2n) is 7.03. The van der Waals surface area contributed by atoms with E-state index in [-0.39, 0.29) is 11.9 Å². The third-order valence-electron chi connectivity index (χ3n) is 3.69. The Morgan fingerprint density at radius 1 is 1.24 bits per heavy atom. The van der Waals surface area contributed by atoms with E-state index in [2.05, 4.69) is 4.90 Å². The topological polar surface area (TPSA) is 49.9 Å². The van der Waals surface area contributed by atoms with E-state index in [4.69, 9.17) is 4.74 Å². The number of rotatable bonds is 5. The average Bonchev–Trinajstić information content (AvgIpc) is 2.35. The molecule has 0 aliphatic carbocycles. The minimum Gasteiger partial charge on any atom is -0.460 e. The lowest BCUT2D eigenvalue weighted by Crippen LogP contribution is -2.45. The summed E-state index contributed by atoms with van der Waals surface area (Å²) in [7, 11) is 3.56. The van der Waals surface area contributed by atoms with Crippen molar-refractivity contribution in [3.63, 3.8) is 0 Å². The van der Waals surface area contributed by atoms with E-state index in [0.717, 1.165) is 25.8 Å². The second-order valence-corrected chi connectivity index (χ2v) is 7.03. The van der Waals surface area contributed by atoms with Crippen LogP contribution in [0.1, 0.15) is 52.9 Å². The first kappa shape index (κ1) is 18.0. The van der Waals surface area contributed by atoms with Crippen LogP contribution >= 0.6 is 0 Å². The number of likely N-dealkylation sites (N-methyl/N-ethyl adjacent to an activating group) is 1. The van der Waals surface area contributed by atoms with Crippen LogP contribution in [-0.2, 0) is 14.3 Å². The summed E-state index contributed by atoms with van der Waals surface area (Å²) < 4.78 is 5.35. The van der Waals surface area contributed by atoms with Gasteiger partial charge in [0.25, 0.3) is 0 Å². The maximum atomic E-state index is 11.9. The molecule has 21 heavy (non-hydrogen) atoms. The molecule has 1 aliphatic heterocycles. The van der Waals surface area contributed by atoms with Gasteiger partial charge in [-0.05, 0) is 46.6 Å². The zero-order valence-corrected chi connectivity index (χ0v) is 14.1. The van der Waals surface area contributed by atoms with E-state index in [1.807, 2.05) is 20.8 Å². The molecule has 1 fully saturated rings. The molecular weight excluding hydrogens is 268 g/mol. The number of piperidine rings is 1. The molecule has 0 spiro atoms. The lowest BCUT2D eigenvalue weighted by molar-refractivity contribution is -0.155. The number of ether oxygens (including phenoxy) is 1. The average molecular weight is 298 g/mol. The van der Waals surface area contributed by atoms with Crippen molar-refractivity contribution in [2.45, 2.75) is 64.5 Å². The number of esters is 1. The summed E-state index contributed by atoms with van der Waals surface area (Å²) in [6.45, 7) is 7.04. The molecule has 1 heterocycles. The van der Waals surface area contributed by atoms with Gasteiger partial charge in [-0.25, -0.2) is 0 Å². The maximum absolute atomic E-state index is 11.9. The van der Waals surface area contributed by atoms with Gasteiger partial charge in [-0.15, -0.1) is 0 Å². The molecule has 1 aliphatic rings. The smallest absolute Gasteiger partial charge is 0.306 e. The Morgan fingerprint density at radius 2 is 1.90 bits per heavy atom. The predicted octanol–water partition coefficient (Wildman–Crippen LogP) is 2.05. The molecule has 0 radical (unpaired) electrons. The fraction of sp³-hybridized carbons (Fsp3) is 0.875. The van der Waals surface area contributed by atoms with Crippen molar-refractivity contribution in [1.29, 1.82) is 0 Å². The third kappa shape index (κ3) is 6.93. The zero-order chi connectivity index (χ0) is 16.0. The summed E-state index contributed by atoms with van der Waals surface area (Å²) in [4.78, 5) is 27.5. The molecule has 0 aromatic heterocycles. The minimum absolute atomic E-state index is 0.124. The van der Waals surface area contributed by atoms with Crippen molar-refractivity contribution >= 4 is 11.9 Å². The highest BCUT2D eigenvalue weighted by molar-refractivity contribution is 5.77. The normalized spacial score (nSPS) is 20.1. The first-order valence-corrected chi connectivity index (χ1v) is 7.85. The van der Waals surface area contributed by atoms with Crippen LogP contribution in [0.5, 0.6) is 0 Å². The summed E-state index contributed by atoms with van der Waals surface area (Å²) >= 11 is 0. The highest BCUT2D eigenvalue weighted by atomic mass is 16.6. The molecule has 1 rings (SSSR count). The van der Waals surface area contributed by atoms with Crippen molar-refractivity contribution in [2.24, 2.45) is 0 Å². The molecule has 0 bridgehead atoms. The van der Waals surface area contributed by atoms with Gasteiger partial charge in [0.15, 0.2) is 0 Å². The Kier molecular flexibility index (Phi) is 6.65. The number of carbonyl (C=O) groups excluding carboxylic acids is 2.